The normalized spacial score (nSPS) is 21.6. The lowest BCUT2D eigenvalue weighted by molar-refractivity contribution is -0.136. The molecule has 0 spiro atoms. The largest absolute Gasteiger partial charge is 0.474 e. The number of aromatic nitrogens is 1. The van der Waals surface area contributed by atoms with Gasteiger partial charge in [0.05, 0.1) is 0 Å². The maximum Gasteiger partial charge on any atom is 0.255 e. The summed E-state index contributed by atoms with van der Waals surface area (Å²) in [6.07, 6.45) is 6.52. The molecule has 234 valence electrons. The molecule has 4 aliphatic heterocycles. The molecule has 0 bridgehead atoms. The number of hydrogen-bond donors (Lipinski definition) is 1. The number of ether oxygens (including phenoxy) is 1. The molecule has 10 heteroatoms. The Morgan fingerprint density at radius 2 is 1.67 bits per heavy atom. The van der Waals surface area contributed by atoms with Gasteiger partial charge in [-0.2, -0.15) is 0 Å². The Hall–Kier alpha value is -3.95. The Balaban J connectivity index is 0.883. The van der Waals surface area contributed by atoms with Crippen LogP contribution in [0, 0.1) is 0 Å². The number of imide groups is 1. The number of pyridine rings is 1. The Labute approximate surface area is 268 Å². The zero-order chi connectivity index (χ0) is 30.9. The number of halogens is 1. The summed E-state index contributed by atoms with van der Waals surface area (Å²) in [5.41, 5.74) is 5.51. The van der Waals surface area contributed by atoms with Crippen molar-refractivity contribution < 1.29 is 19.1 Å². The number of carbonyl (C=O) groups excluding carboxylic acids is 3. The maximum atomic E-state index is 13.1. The van der Waals surface area contributed by atoms with Crippen molar-refractivity contribution in [3.05, 3.63) is 88.1 Å². The van der Waals surface area contributed by atoms with E-state index in [2.05, 4.69) is 56.5 Å². The Morgan fingerprint density at radius 1 is 0.889 bits per heavy atom. The SMILES string of the molecule is O=C1CCC(N2Cc3cc(C4CCN(Cc5ccc(N6CCC(Oc7cc(Cl)ccn7)CC6)cc5)CC4)ccc3C2=O)C(=O)N1. The molecule has 1 unspecified atom stereocenters. The first kappa shape index (κ1) is 29.7. The summed E-state index contributed by atoms with van der Waals surface area (Å²) < 4.78 is 6.05. The minimum Gasteiger partial charge on any atom is -0.474 e. The summed E-state index contributed by atoms with van der Waals surface area (Å²) in [4.78, 5) is 47.9. The highest BCUT2D eigenvalue weighted by molar-refractivity contribution is 6.30. The number of hydrogen-bond acceptors (Lipinski definition) is 7. The van der Waals surface area contributed by atoms with Gasteiger partial charge in [-0.05, 0) is 79.2 Å². The van der Waals surface area contributed by atoms with Crippen LogP contribution in [0.15, 0.2) is 60.8 Å². The van der Waals surface area contributed by atoms with Crippen molar-refractivity contribution in [2.45, 2.75) is 69.7 Å². The highest BCUT2D eigenvalue weighted by Crippen LogP contribution is 2.34. The maximum absolute atomic E-state index is 13.1. The van der Waals surface area contributed by atoms with Crippen LogP contribution in [-0.2, 0) is 22.7 Å². The van der Waals surface area contributed by atoms with Gasteiger partial charge in [-0.3, -0.25) is 24.6 Å². The molecule has 0 aliphatic carbocycles. The third kappa shape index (κ3) is 6.56. The number of nitrogens with one attached hydrogen (secondary N) is 1. The van der Waals surface area contributed by atoms with E-state index in [9.17, 15) is 14.4 Å². The minimum absolute atomic E-state index is 0.114. The van der Waals surface area contributed by atoms with Crippen LogP contribution in [0.5, 0.6) is 5.88 Å². The smallest absolute Gasteiger partial charge is 0.255 e. The van der Waals surface area contributed by atoms with Crippen molar-refractivity contribution in [2.75, 3.05) is 31.1 Å². The fourth-order valence-electron chi connectivity index (χ4n) is 7.20. The van der Waals surface area contributed by atoms with Gasteiger partial charge in [0.2, 0.25) is 17.7 Å². The number of fused-ring (bicyclic) bond motifs is 1. The molecule has 45 heavy (non-hydrogen) atoms. The van der Waals surface area contributed by atoms with E-state index in [1.165, 1.54) is 16.8 Å². The molecule has 5 heterocycles. The fraction of sp³-hybridized carbons (Fsp3) is 0.429. The third-order valence-electron chi connectivity index (χ3n) is 9.74. The number of likely N-dealkylation sites (tertiary alicyclic amines) is 1. The first-order valence-electron chi connectivity index (χ1n) is 16.0. The van der Waals surface area contributed by atoms with E-state index < -0.39 is 6.04 Å². The van der Waals surface area contributed by atoms with Crippen molar-refractivity contribution in [3.63, 3.8) is 0 Å². The Bertz CT molecular complexity index is 1580. The molecule has 7 rings (SSSR count). The van der Waals surface area contributed by atoms with Crippen LogP contribution >= 0.6 is 11.6 Å². The molecule has 1 N–H and O–H groups in total. The molecule has 0 radical (unpaired) electrons. The van der Waals surface area contributed by atoms with Crippen LogP contribution in [-0.4, -0.2) is 70.8 Å². The lowest BCUT2D eigenvalue weighted by Crippen LogP contribution is -2.52. The summed E-state index contributed by atoms with van der Waals surface area (Å²) in [6.45, 7) is 5.32. The Morgan fingerprint density at radius 3 is 2.40 bits per heavy atom. The Kier molecular flexibility index (Phi) is 8.47. The monoisotopic (exact) mass is 627 g/mol. The van der Waals surface area contributed by atoms with E-state index in [4.69, 9.17) is 16.3 Å². The third-order valence-corrected chi connectivity index (χ3v) is 9.98. The second kappa shape index (κ2) is 12.8. The van der Waals surface area contributed by atoms with Gasteiger partial charge < -0.3 is 14.5 Å². The zero-order valence-corrected chi connectivity index (χ0v) is 26.0. The van der Waals surface area contributed by atoms with E-state index in [1.807, 2.05) is 6.07 Å². The van der Waals surface area contributed by atoms with E-state index in [1.54, 1.807) is 23.2 Å². The summed E-state index contributed by atoms with van der Waals surface area (Å²) >= 11 is 6.07. The van der Waals surface area contributed by atoms with E-state index >= 15 is 0 Å². The van der Waals surface area contributed by atoms with Crippen LogP contribution in [0.3, 0.4) is 0 Å². The average molecular weight is 628 g/mol. The van der Waals surface area contributed by atoms with Gasteiger partial charge in [-0.15, -0.1) is 0 Å². The van der Waals surface area contributed by atoms with Crippen LogP contribution in [0.25, 0.3) is 0 Å². The molecule has 3 amide bonds. The van der Waals surface area contributed by atoms with E-state index in [-0.39, 0.29) is 30.2 Å². The standard InChI is InChI=1S/C35H38ClN5O4/c36-27-9-14-37-33(20-27)45-29-12-17-40(18-13-29)28-4-1-23(2-5-28)21-39-15-10-24(11-16-39)25-3-6-30-26(19-25)22-41(35(30)44)31-7-8-32(42)38-34(31)43/h1-6,9,14,19-20,24,29,31H,7-8,10-13,15-18,21-22H2,(H,38,42,43). The van der Waals surface area contributed by atoms with Gasteiger partial charge in [-0.1, -0.05) is 35.9 Å². The molecule has 2 aromatic carbocycles. The van der Waals surface area contributed by atoms with Crippen molar-refractivity contribution in [1.82, 2.24) is 20.1 Å². The topological polar surface area (TPSA) is 95.1 Å². The highest BCUT2D eigenvalue weighted by Gasteiger charge is 2.39. The van der Waals surface area contributed by atoms with Gasteiger partial charge >= 0.3 is 0 Å². The number of anilines is 1. The van der Waals surface area contributed by atoms with Crippen LogP contribution in [0.2, 0.25) is 5.02 Å². The van der Waals surface area contributed by atoms with E-state index in [0.29, 0.717) is 35.3 Å². The molecular formula is C35H38ClN5O4. The average Bonchev–Trinajstić information content (AvgIpc) is 3.37. The highest BCUT2D eigenvalue weighted by atomic mass is 35.5. The van der Waals surface area contributed by atoms with Gasteiger partial charge in [-0.25, -0.2) is 4.98 Å². The number of carbonyl (C=O) groups is 3. The summed E-state index contributed by atoms with van der Waals surface area (Å²) in [5, 5.41) is 3.02. The summed E-state index contributed by atoms with van der Waals surface area (Å²) in [5.74, 6) is 0.300. The van der Waals surface area contributed by atoms with Crippen LogP contribution in [0.4, 0.5) is 5.69 Å². The minimum atomic E-state index is -0.576. The number of benzene rings is 2. The quantitative estimate of drug-likeness (QED) is 0.372. The first-order chi connectivity index (χ1) is 21.9. The zero-order valence-electron chi connectivity index (χ0n) is 25.3. The summed E-state index contributed by atoms with van der Waals surface area (Å²) in [7, 11) is 0. The van der Waals surface area contributed by atoms with Crippen molar-refractivity contribution >= 4 is 35.0 Å². The van der Waals surface area contributed by atoms with Crippen molar-refractivity contribution in [1.29, 1.82) is 0 Å². The van der Waals surface area contributed by atoms with Crippen LogP contribution < -0.4 is 15.0 Å². The second-order valence-electron chi connectivity index (χ2n) is 12.6. The van der Waals surface area contributed by atoms with Gasteiger partial charge in [0, 0.05) is 74.0 Å². The van der Waals surface area contributed by atoms with Gasteiger partial charge in [0.1, 0.15) is 12.1 Å². The molecule has 3 saturated heterocycles. The first-order valence-corrected chi connectivity index (χ1v) is 16.4. The number of rotatable bonds is 7. The fourth-order valence-corrected chi connectivity index (χ4v) is 7.35. The number of amides is 3. The molecule has 3 fully saturated rings. The number of nitrogens with zero attached hydrogens (tertiary/aromatic N) is 4. The summed E-state index contributed by atoms with van der Waals surface area (Å²) in [6, 6.07) is 18.1. The van der Waals surface area contributed by atoms with Crippen molar-refractivity contribution in [3.8, 4) is 5.88 Å². The lowest BCUT2D eigenvalue weighted by Gasteiger charge is -2.34. The van der Waals surface area contributed by atoms with Gasteiger partial charge in [0.25, 0.3) is 5.91 Å². The van der Waals surface area contributed by atoms with Crippen LogP contribution in [0.1, 0.15) is 71.5 Å². The molecular weight excluding hydrogens is 590 g/mol. The molecule has 3 aromatic rings. The lowest BCUT2D eigenvalue weighted by atomic mass is 9.87. The van der Waals surface area contributed by atoms with Gasteiger partial charge in [0.15, 0.2) is 0 Å². The molecule has 1 atom stereocenters. The second-order valence-corrected chi connectivity index (χ2v) is 13.1. The molecule has 1 aromatic heterocycles. The van der Waals surface area contributed by atoms with E-state index in [0.717, 1.165) is 64.0 Å². The predicted molar refractivity (Wildman–Crippen MR) is 171 cm³/mol. The molecule has 4 aliphatic rings. The predicted octanol–water partition coefficient (Wildman–Crippen LogP) is 4.92. The number of piperidine rings is 3. The molecule has 9 nitrogen and oxygen atoms in total. The van der Waals surface area contributed by atoms with Crippen molar-refractivity contribution in [2.24, 2.45) is 0 Å². The molecule has 0 saturated carbocycles.